The number of aliphatic imine (C=N–C) groups is 1. The number of ether oxygens (including phenoxy) is 1. The van der Waals surface area contributed by atoms with Gasteiger partial charge >= 0.3 is 6.18 Å². The number of hydrogen-bond acceptors (Lipinski definition) is 9. The number of aromatic nitrogens is 4. The zero-order valence-corrected chi connectivity index (χ0v) is 20.1. The van der Waals surface area contributed by atoms with Gasteiger partial charge in [-0.05, 0) is 31.0 Å². The molecule has 37 heavy (non-hydrogen) atoms. The Kier molecular flexibility index (Phi) is 5.99. The summed E-state index contributed by atoms with van der Waals surface area (Å²) in [5, 5.41) is 9.93. The van der Waals surface area contributed by atoms with Gasteiger partial charge in [-0.2, -0.15) is 17.6 Å². The molecule has 5 rings (SSSR count). The molecule has 0 spiro atoms. The van der Waals surface area contributed by atoms with Crippen LogP contribution in [-0.2, 0) is 12.0 Å². The van der Waals surface area contributed by atoms with Crippen LogP contribution in [0.25, 0.3) is 11.0 Å². The molecule has 0 bridgehead atoms. The summed E-state index contributed by atoms with van der Waals surface area (Å²) in [5.41, 5.74) is 6.47. The SMILES string of the molecule is C#CCOc1cnc2c(Cc3cnc(F)c([C@@]4(C)N=C(N)S[C@@]5([C@H](O)C(F)(F)F)C[C@H]54)c3)nccc2n1. The molecule has 13 heteroatoms. The van der Waals surface area contributed by atoms with Crippen LogP contribution in [0.3, 0.4) is 0 Å². The summed E-state index contributed by atoms with van der Waals surface area (Å²) in [6.07, 6.45) is 2.13. The first-order chi connectivity index (χ1) is 17.5. The van der Waals surface area contributed by atoms with Crippen LogP contribution in [0, 0.1) is 24.2 Å². The smallest absolute Gasteiger partial charge is 0.415 e. The number of alkyl halides is 3. The van der Waals surface area contributed by atoms with E-state index in [1.165, 1.54) is 31.6 Å². The number of rotatable bonds is 6. The summed E-state index contributed by atoms with van der Waals surface area (Å²) in [7, 11) is 0. The maximum Gasteiger partial charge on any atom is 0.415 e. The molecule has 1 fully saturated rings. The van der Waals surface area contributed by atoms with Crippen molar-refractivity contribution in [2.24, 2.45) is 16.6 Å². The number of aliphatic hydroxyl groups excluding tert-OH is 1. The Morgan fingerprint density at radius 3 is 2.84 bits per heavy atom. The number of pyridine rings is 2. The molecule has 3 N–H and O–H groups in total. The first kappa shape index (κ1) is 25.2. The van der Waals surface area contributed by atoms with Crippen molar-refractivity contribution in [1.29, 1.82) is 0 Å². The average molecular weight is 533 g/mol. The van der Waals surface area contributed by atoms with E-state index in [2.05, 4.69) is 30.8 Å². The lowest BCUT2D eigenvalue weighted by atomic mass is 9.85. The zero-order chi connectivity index (χ0) is 26.6. The minimum absolute atomic E-state index is 0.00853. The predicted octanol–water partition coefficient (Wildman–Crippen LogP) is 3.12. The maximum atomic E-state index is 15.0. The molecule has 0 aromatic carbocycles. The van der Waals surface area contributed by atoms with E-state index in [9.17, 15) is 18.3 Å². The molecule has 8 nitrogen and oxygen atoms in total. The standard InChI is InChI=1S/C24H20F4N6O2S/c1-3-6-36-17-11-31-18-14(33-17)4-5-30-15(18)8-12-7-13(19(25)32-10-12)22(2)16-9-23(16,37-21(29)34-22)20(35)24(26,27)28/h1,4-5,7,10-11,16,20,35H,6,8-9H2,2H3,(H2,29,34)/t16-,20-,22+,23-/m0/s1. The molecule has 2 aliphatic rings. The Labute approximate surface area is 212 Å². The van der Waals surface area contributed by atoms with Crippen LogP contribution in [0.2, 0.25) is 0 Å². The molecule has 3 aromatic rings. The minimum atomic E-state index is -4.86. The van der Waals surface area contributed by atoms with Crippen molar-refractivity contribution in [1.82, 2.24) is 19.9 Å². The van der Waals surface area contributed by atoms with Crippen LogP contribution in [0.1, 0.15) is 30.2 Å². The topological polar surface area (TPSA) is 119 Å². The van der Waals surface area contributed by atoms with Crippen LogP contribution in [0.15, 0.2) is 35.7 Å². The molecule has 4 heterocycles. The Hall–Kier alpha value is -3.50. The molecule has 0 amide bonds. The van der Waals surface area contributed by atoms with E-state index in [0.717, 1.165) is 0 Å². The lowest BCUT2D eigenvalue weighted by Gasteiger charge is -2.36. The summed E-state index contributed by atoms with van der Waals surface area (Å²) in [6, 6.07) is 3.15. The fraction of sp³-hybridized carbons (Fsp3) is 0.375. The van der Waals surface area contributed by atoms with Gasteiger partial charge in [-0.3, -0.25) is 9.98 Å². The Bertz CT molecular complexity index is 1460. The highest BCUT2D eigenvalue weighted by Gasteiger charge is 2.74. The normalized spacial score (nSPS) is 25.6. The zero-order valence-electron chi connectivity index (χ0n) is 19.3. The third-order valence-electron chi connectivity index (χ3n) is 6.67. The summed E-state index contributed by atoms with van der Waals surface area (Å²) in [6.45, 7) is 1.55. The first-order valence-corrected chi connectivity index (χ1v) is 11.9. The highest BCUT2D eigenvalue weighted by atomic mass is 32.2. The van der Waals surface area contributed by atoms with Crippen molar-refractivity contribution >= 4 is 28.0 Å². The van der Waals surface area contributed by atoms with Crippen molar-refractivity contribution in [3.05, 3.63) is 53.5 Å². The molecule has 192 valence electrons. The quantitative estimate of drug-likeness (QED) is 0.282. The largest absolute Gasteiger partial charge is 0.463 e. The molecule has 1 aliphatic heterocycles. The van der Waals surface area contributed by atoms with Gasteiger partial charge in [0, 0.05) is 30.3 Å². The highest BCUT2D eigenvalue weighted by molar-refractivity contribution is 8.15. The number of fused-ring (bicyclic) bond motifs is 2. The average Bonchev–Trinajstić information content (AvgIpc) is 3.59. The molecule has 0 unspecified atom stereocenters. The second kappa shape index (κ2) is 8.81. The van der Waals surface area contributed by atoms with E-state index in [4.69, 9.17) is 16.9 Å². The Morgan fingerprint density at radius 2 is 2.11 bits per heavy atom. The molecule has 3 aromatic heterocycles. The first-order valence-electron chi connectivity index (χ1n) is 11.1. The fourth-order valence-corrected chi connectivity index (χ4v) is 6.38. The molecule has 0 saturated heterocycles. The van der Waals surface area contributed by atoms with Crippen LogP contribution < -0.4 is 10.5 Å². The second-order valence-corrected chi connectivity index (χ2v) is 10.4. The fourth-order valence-electron chi connectivity index (χ4n) is 4.89. The molecule has 1 aliphatic carbocycles. The van der Waals surface area contributed by atoms with E-state index in [1.54, 1.807) is 6.07 Å². The van der Waals surface area contributed by atoms with Crippen LogP contribution in [0.4, 0.5) is 17.6 Å². The van der Waals surface area contributed by atoms with Crippen molar-refractivity contribution in [3.8, 4) is 18.2 Å². The van der Waals surface area contributed by atoms with Gasteiger partial charge in [-0.1, -0.05) is 17.7 Å². The second-order valence-electron chi connectivity index (χ2n) is 9.04. The van der Waals surface area contributed by atoms with E-state index in [-0.39, 0.29) is 36.1 Å². The van der Waals surface area contributed by atoms with E-state index >= 15 is 4.39 Å². The number of halogens is 4. The maximum absolute atomic E-state index is 15.0. The molecular weight excluding hydrogens is 512 g/mol. The Balaban J connectivity index is 1.49. The summed E-state index contributed by atoms with van der Waals surface area (Å²) in [5.74, 6) is 0.916. The number of hydrogen-bond donors (Lipinski definition) is 2. The lowest BCUT2D eigenvalue weighted by Crippen LogP contribution is -2.47. The monoisotopic (exact) mass is 532 g/mol. The lowest BCUT2D eigenvalue weighted by molar-refractivity contribution is -0.207. The van der Waals surface area contributed by atoms with Gasteiger partial charge in [0.15, 0.2) is 17.9 Å². The highest BCUT2D eigenvalue weighted by Crippen LogP contribution is 2.68. The van der Waals surface area contributed by atoms with E-state index < -0.39 is 34.4 Å². The number of nitrogens with zero attached hydrogens (tertiary/aromatic N) is 5. The molecule has 4 atom stereocenters. The van der Waals surface area contributed by atoms with Gasteiger partial charge in [0.25, 0.3) is 0 Å². The molecule has 0 radical (unpaired) electrons. The predicted molar refractivity (Wildman–Crippen MR) is 128 cm³/mol. The van der Waals surface area contributed by atoms with Crippen molar-refractivity contribution in [2.45, 2.75) is 42.3 Å². The summed E-state index contributed by atoms with van der Waals surface area (Å²) < 4.78 is 59.0. The van der Waals surface area contributed by atoms with Gasteiger partial charge in [-0.15, -0.1) is 6.42 Å². The van der Waals surface area contributed by atoms with Crippen molar-refractivity contribution < 1.29 is 27.4 Å². The molecule has 1 saturated carbocycles. The number of thioether (sulfide) groups is 1. The van der Waals surface area contributed by atoms with Crippen LogP contribution in [0.5, 0.6) is 5.88 Å². The number of nitrogens with two attached hydrogens (primary N) is 1. The van der Waals surface area contributed by atoms with Crippen LogP contribution >= 0.6 is 11.8 Å². The van der Waals surface area contributed by atoms with E-state index in [1.807, 2.05) is 0 Å². The number of terminal acetylenes is 1. The van der Waals surface area contributed by atoms with Crippen molar-refractivity contribution in [3.63, 3.8) is 0 Å². The van der Waals surface area contributed by atoms with E-state index in [0.29, 0.717) is 34.1 Å². The number of amidine groups is 1. The van der Waals surface area contributed by atoms with Gasteiger partial charge in [0.05, 0.1) is 27.7 Å². The van der Waals surface area contributed by atoms with Crippen molar-refractivity contribution in [2.75, 3.05) is 6.61 Å². The summed E-state index contributed by atoms with van der Waals surface area (Å²) >= 11 is 0.683. The van der Waals surface area contributed by atoms with Gasteiger partial charge in [0.1, 0.15) is 5.52 Å². The number of aliphatic hydroxyl groups is 1. The molecular formula is C24H20F4N6O2S. The van der Waals surface area contributed by atoms with Gasteiger partial charge in [0.2, 0.25) is 11.8 Å². The summed E-state index contributed by atoms with van der Waals surface area (Å²) in [4.78, 5) is 21.3. The van der Waals surface area contributed by atoms with Gasteiger partial charge in [-0.25, -0.2) is 15.0 Å². The minimum Gasteiger partial charge on any atom is -0.463 e. The van der Waals surface area contributed by atoms with Crippen LogP contribution in [-0.4, -0.2) is 53.8 Å². The third-order valence-corrected chi connectivity index (χ3v) is 8.03. The van der Waals surface area contributed by atoms with Gasteiger partial charge < -0.3 is 15.6 Å². The Morgan fingerprint density at radius 1 is 1.32 bits per heavy atom. The third kappa shape index (κ3) is 4.34.